The molecule has 0 atom stereocenters. The zero-order chi connectivity index (χ0) is 14.9. The molecule has 0 N–H and O–H groups in total. The van der Waals surface area contributed by atoms with Gasteiger partial charge in [0.1, 0.15) is 0 Å². The maximum Gasteiger partial charge on any atom is 0.261 e. The first-order chi connectivity index (χ1) is 9.40. The summed E-state index contributed by atoms with van der Waals surface area (Å²) in [7, 11) is 3.58. The molecule has 0 aromatic carbocycles. The Morgan fingerprint density at radius 3 is 2.60 bits per heavy atom. The minimum Gasteiger partial charge on any atom is -0.308 e. The molecule has 0 aliphatic carbocycles. The summed E-state index contributed by atoms with van der Waals surface area (Å²) < 4.78 is 3.56. The fourth-order valence-electron chi connectivity index (χ4n) is 2.07. The van der Waals surface area contributed by atoms with Gasteiger partial charge in [-0.1, -0.05) is 13.8 Å². The van der Waals surface area contributed by atoms with Gasteiger partial charge in [-0.2, -0.15) is 10.2 Å². The molecule has 0 bridgehead atoms. The Morgan fingerprint density at radius 1 is 1.35 bits per heavy atom. The van der Waals surface area contributed by atoms with Crippen molar-refractivity contribution in [3.63, 3.8) is 0 Å². The van der Waals surface area contributed by atoms with Gasteiger partial charge in [-0.15, -0.1) is 0 Å². The molecule has 0 unspecified atom stereocenters. The second-order valence-corrected chi connectivity index (χ2v) is 5.46. The van der Waals surface area contributed by atoms with Crippen molar-refractivity contribution in [2.45, 2.75) is 27.3 Å². The monoisotopic (exact) mass is 275 g/mol. The van der Waals surface area contributed by atoms with Gasteiger partial charge in [-0.25, -0.2) is 0 Å². The van der Waals surface area contributed by atoms with E-state index in [2.05, 4.69) is 24.0 Å². The van der Waals surface area contributed by atoms with Gasteiger partial charge < -0.3 is 4.90 Å². The lowest BCUT2D eigenvalue weighted by atomic mass is 10.2. The highest BCUT2D eigenvalue weighted by atomic mass is 16.2. The maximum absolute atomic E-state index is 12.5. The van der Waals surface area contributed by atoms with Crippen LogP contribution in [0.1, 0.15) is 29.9 Å². The van der Waals surface area contributed by atoms with Gasteiger partial charge in [0.05, 0.1) is 23.6 Å². The lowest BCUT2D eigenvalue weighted by molar-refractivity contribution is 0.0992. The highest BCUT2D eigenvalue weighted by molar-refractivity contribution is 6.06. The lowest BCUT2D eigenvalue weighted by Crippen LogP contribution is -2.26. The number of anilines is 1. The van der Waals surface area contributed by atoms with Crippen LogP contribution in [-0.4, -0.2) is 32.5 Å². The summed E-state index contributed by atoms with van der Waals surface area (Å²) in [5, 5.41) is 8.39. The third-order valence-corrected chi connectivity index (χ3v) is 3.25. The molecule has 6 heteroatoms. The quantitative estimate of drug-likeness (QED) is 0.855. The Morgan fingerprint density at radius 2 is 2.05 bits per heavy atom. The summed E-state index contributed by atoms with van der Waals surface area (Å²) in [6.45, 7) is 7.00. The highest BCUT2D eigenvalue weighted by Gasteiger charge is 2.20. The Kier molecular flexibility index (Phi) is 3.92. The van der Waals surface area contributed by atoms with Crippen molar-refractivity contribution in [1.82, 2.24) is 19.6 Å². The number of carbonyl (C=O) groups is 1. The first-order valence-electron chi connectivity index (χ1n) is 6.69. The van der Waals surface area contributed by atoms with Gasteiger partial charge in [-0.05, 0) is 12.8 Å². The largest absolute Gasteiger partial charge is 0.308 e. The molecule has 0 radical (unpaired) electrons. The molecule has 0 fully saturated rings. The van der Waals surface area contributed by atoms with Crippen molar-refractivity contribution >= 4 is 11.6 Å². The summed E-state index contributed by atoms with van der Waals surface area (Å²) >= 11 is 0. The molecule has 1 amide bonds. The van der Waals surface area contributed by atoms with Crippen LogP contribution in [0.25, 0.3) is 0 Å². The Hall–Kier alpha value is -2.11. The zero-order valence-electron chi connectivity index (χ0n) is 12.7. The van der Waals surface area contributed by atoms with Crippen molar-refractivity contribution in [1.29, 1.82) is 0 Å². The average molecular weight is 275 g/mol. The average Bonchev–Trinajstić information content (AvgIpc) is 2.95. The SMILES string of the molecule is Cc1c(C(=O)N(C)c2cnn(C)c2)cnn1CC(C)C. The molecule has 0 aliphatic heterocycles. The molecular formula is C14H21N5O. The van der Waals surface area contributed by atoms with Gasteiger partial charge in [0.2, 0.25) is 0 Å². The predicted molar refractivity (Wildman–Crippen MR) is 77.7 cm³/mol. The molecule has 0 saturated heterocycles. The second-order valence-electron chi connectivity index (χ2n) is 5.46. The van der Waals surface area contributed by atoms with Gasteiger partial charge >= 0.3 is 0 Å². The van der Waals surface area contributed by atoms with Crippen LogP contribution in [0.15, 0.2) is 18.6 Å². The topological polar surface area (TPSA) is 56.0 Å². The van der Waals surface area contributed by atoms with Crippen LogP contribution < -0.4 is 4.90 Å². The van der Waals surface area contributed by atoms with Crippen LogP contribution in [0.2, 0.25) is 0 Å². The number of rotatable bonds is 4. The third kappa shape index (κ3) is 2.74. The summed E-state index contributed by atoms with van der Waals surface area (Å²) in [4.78, 5) is 14.1. The first kappa shape index (κ1) is 14.3. The molecule has 2 aromatic heterocycles. The Labute approximate surface area is 119 Å². The third-order valence-electron chi connectivity index (χ3n) is 3.25. The highest BCUT2D eigenvalue weighted by Crippen LogP contribution is 2.17. The van der Waals surface area contributed by atoms with E-state index in [1.165, 1.54) is 0 Å². The zero-order valence-corrected chi connectivity index (χ0v) is 12.7. The molecule has 2 aromatic rings. The predicted octanol–water partition coefficient (Wildman–Crippen LogP) is 1.86. The Bertz CT molecular complexity index is 611. The van der Waals surface area contributed by atoms with Crippen molar-refractivity contribution in [3.8, 4) is 0 Å². The van der Waals surface area contributed by atoms with Gasteiger partial charge in [0.25, 0.3) is 5.91 Å². The molecule has 20 heavy (non-hydrogen) atoms. The van der Waals surface area contributed by atoms with Crippen molar-refractivity contribution in [2.75, 3.05) is 11.9 Å². The number of amides is 1. The molecule has 6 nitrogen and oxygen atoms in total. The second kappa shape index (κ2) is 5.48. The van der Waals surface area contributed by atoms with Crippen LogP contribution in [0.5, 0.6) is 0 Å². The van der Waals surface area contributed by atoms with E-state index in [1.807, 2.05) is 24.9 Å². The lowest BCUT2D eigenvalue weighted by Gasteiger charge is -2.15. The first-order valence-corrected chi connectivity index (χ1v) is 6.69. The van der Waals surface area contributed by atoms with E-state index in [0.29, 0.717) is 11.5 Å². The number of nitrogens with zero attached hydrogens (tertiary/aromatic N) is 5. The maximum atomic E-state index is 12.5. The smallest absolute Gasteiger partial charge is 0.261 e. The van der Waals surface area contributed by atoms with Crippen molar-refractivity contribution in [3.05, 3.63) is 29.8 Å². The van der Waals surface area contributed by atoms with Crippen LogP contribution in [0.4, 0.5) is 5.69 Å². The molecule has 0 saturated carbocycles. The molecule has 0 spiro atoms. The normalized spacial score (nSPS) is 11.1. The van der Waals surface area contributed by atoms with E-state index >= 15 is 0 Å². The summed E-state index contributed by atoms with van der Waals surface area (Å²) in [6, 6.07) is 0. The molecule has 2 rings (SSSR count). The van der Waals surface area contributed by atoms with E-state index in [0.717, 1.165) is 17.9 Å². The number of aromatic nitrogens is 4. The molecule has 108 valence electrons. The molecule has 0 aliphatic rings. The fourth-order valence-corrected chi connectivity index (χ4v) is 2.07. The van der Waals surface area contributed by atoms with E-state index < -0.39 is 0 Å². The van der Waals surface area contributed by atoms with E-state index in [-0.39, 0.29) is 5.91 Å². The molecule has 2 heterocycles. The summed E-state index contributed by atoms with van der Waals surface area (Å²) in [5.74, 6) is 0.429. The number of carbonyl (C=O) groups excluding carboxylic acids is 1. The minimum absolute atomic E-state index is 0.0643. The van der Waals surface area contributed by atoms with Crippen LogP contribution in [0, 0.1) is 12.8 Å². The van der Waals surface area contributed by atoms with Crippen molar-refractivity contribution < 1.29 is 4.79 Å². The van der Waals surface area contributed by atoms with Crippen LogP contribution in [-0.2, 0) is 13.6 Å². The van der Waals surface area contributed by atoms with Crippen LogP contribution >= 0.6 is 0 Å². The summed E-state index contributed by atoms with van der Waals surface area (Å²) in [5.41, 5.74) is 2.31. The number of aryl methyl sites for hydroxylation is 1. The van der Waals surface area contributed by atoms with Gasteiger partial charge in [0.15, 0.2) is 0 Å². The van der Waals surface area contributed by atoms with Crippen LogP contribution in [0.3, 0.4) is 0 Å². The molecular weight excluding hydrogens is 254 g/mol. The van der Waals surface area contributed by atoms with E-state index in [1.54, 1.807) is 29.0 Å². The van der Waals surface area contributed by atoms with Crippen molar-refractivity contribution in [2.24, 2.45) is 13.0 Å². The minimum atomic E-state index is -0.0643. The van der Waals surface area contributed by atoms with E-state index in [9.17, 15) is 4.79 Å². The summed E-state index contributed by atoms with van der Waals surface area (Å²) in [6.07, 6.45) is 5.13. The standard InChI is InChI=1S/C14H21N5O/c1-10(2)8-19-11(3)13(7-16-19)14(20)18(5)12-6-15-17(4)9-12/h6-7,9-10H,8H2,1-5H3. The Balaban J connectivity index is 2.23. The fraction of sp³-hybridized carbons (Fsp3) is 0.500. The van der Waals surface area contributed by atoms with Gasteiger partial charge in [-0.3, -0.25) is 14.2 Å². The number of hydrogen-bond acceptors (Lipinski definition) is 3. The number of hydrogen-bond donors (Lipinski definition) is 0. The van der Waals surface area contributed by atoms with Gasteiger partial charge in [0, 0.05) is 32.5 Å². The van der Waals surface area contributed by atoms with E-state index in [4.69, 9.17) is 0 Å².